The Balaban J connectivity index is 1.66. The molecule has 0 aliphatic heterocycles. The summed E-state index contributed by atoms with van der Waals surface area (Å²) in [5, 5.41) is 6.15. The topological polar surface area (TPSA) is 80.3 Å². The molecule has 1 unspecified atom stereocenters. The summed E-state index contributed by atoms with van der Waals surface area (Å²) in [6.07, 6.45) is -1.29. The van der Waals surface area contributed by atoms with Gasteiger partial charge in [0.15, 0.2) is 0 Å². The predicted octanol–water partition coefficient (Wildman–Crippen LogP) is 5.62. The summed E-state index contributed by atoms with van der Waals surface area (Å²) in [6.45, 7) is 7.24. The molecule has 1 aromatic carbocycles. The lowest BCUT2D eigenvalue weighted by atomic mass is 9.85. The van der Waals surface area contributed by atoms with E-state index in [1.807, 2.05) is 18.2 Å². The van der Waals surface area contributed by atoms with Crippen LogP contribution in [0.1, 0.15) is 62.9 Å². The van der Waals surface area contributed by atoms with E-state index in [1.54, 1.807) is 39.8 Å². The number of alkyl halides is 3. The SMILES string of the molecule is C[C@H](CNC(=O)c1cnc2c(C3=CCC(C(F)(F)F)CC3)cccc2c1)NC(=O)OC(C)(C)C. The van der Waals surface area contributed by atoms with E-state index < -0.39 is 23.8 Å². The van der Waals surface area contributed by atoms with Crippen molar-refractivity contribution in [3.63, 3.8) is 0 Å². The summed E-state index contributed by atoms with van der Waals surface area (Å²) >= 11 is 0. The number of fused-ring (bicyclic) bond motifs is 1. The quantitative estimate of drug-likeness (QED) is 0.586. The van der Waals surface area contributed by atoms with Gasteiger partial charge in [0.1, 0.15) is 5.60 Å². The number of halogens is 3. The van der Waals surface area contributed by atoms with Crippen molar-refractivity contribution in [2.75, 3.05) is 6.54 Å². The molecule has 1 aromatic heterocycles. The number of alkyl carbamates (subject to hydrolysis) is 1. The van der Waals surface area contributed by atoms with Crippen molar-refractivity contribution < 1.29 is 27.5 Å². The van der Waals surface area contributed by atoms with Crippen molar-refractivity contribution in [2.45, 2.75) is 64.8 Å². The molecular weight excluding hydrogens is 447 g/mol. The van der Waals surface area contributed by atoms with Crippen LogP contribution in [0.15, 0.2) is 36.5 Å². The van der Waals surface area contributed by atoms with Crippen LogP contribution in [0.4, 0.5) is 18.0 Å². The second-order valence-corrected chi connectivity index (χ2v) is 9.60. The van der Waals surface area contributed by atoms with E-state index in [0.29, 0.717) is 17.5 Å². The molecule has 6 nitrogen and oxygen atoms in total. The average Bonchev–Trinajstić information content (AvgIpc) is 2.74. The molecule has 1 heterocycles. The number of hydrogen-bond donors (Lipinski definition) is 2. The maximum Gasteiger partial charge on any atom is 0.407 e. The number of carbonyl (C=O) groups excluding carboxylic acids is 2. The number of nitrogens with zero attached hydrogens (tertiary/aromatic N) is 1. The van der Waals surface area contributed by atoms with E-state index in [-0.39, 0.29) is 31.3 Å². The molecule has 0 spiro atoms. The van der Waals surface area contributed by atoms with Gasteiger partial charge in [0.25, 0.3) is 5.91 Å². The van der Waals surface area contributed by atoms with Crippen LogP contribution in [0.2, 0.25) is 0 Å². The maximum atomic E-state index is 13.0. The molecule has 1 aliphatic carbocycles. The highest BCUT2D eigenvalue weighted by Crippen LogP contribution is 2.40. The highest BCUT2D eigenvalue weighted by molar-refractivity contribution is 5.99. The van der Waals surface area contributed by atoms with Gasteiger partial charge in [-0.2, -0.15) is 13.2 Å². The van der Waals surface area contributed by atoms with Gasteiger partial charge in [-0.25, -0.2) is 4.79 Å². The fourth-order valence-corrected chi connectivity index (χ4v) is 3.83. The largest absolute Gasteiger partial charge is 0.444 e. The third-order valence-electron chi connectivity index (χ3n) is 5.52. The zero-order chi connectivity index (χ0) is 25.1. The Morgan fingerprint density at radius 2 is 1.97 bits per heavy atom. The fraction of sp³-hybridized carbons (Fsp3) is 0.480. The molecule has 34 heavy (non-hydrogen) atoms. The van der Waals surface area contributed by atoms with E-state index >= 15 is 0 Å². The van der Waals surface area contributed by atoms with Gasteiger partial charge in [0.05, 0.1) is 17.0 Å². The van der Waals surface area contributed by atoms with Crippen molar-refractivity contribution in [2.24, 2.45) is 5.92 Å². The van der Waals surface area contributed by atoms with Gasteiger partial charge in [0.2, 0.25) is 0 Å². The van der Waals surface area contributed by atoms with E-state index in [1.165, 1.54) is 6.20 Å². The molecule has 2 aromatic rings. The Labute approximate surface area is 197 Å². The smallest absolute Gasteiger partial charge is 0.407 e. The van der Waals surface area contributed by atoms with Gasteiger partial charge in [-0.05, 0) is 58.6 Å². The van der Waals surface area contributed by atoms with E-state index in [4.69, 9.17) is 4.74 Å². The first-order valence-electron chi connectivity index (χ1n) is 11.3. The summed E-state index contributed by atoms with van der Waals surface area (Å²) in [4.78, 5) is 28.9. The minimum absolute atomic E-state index is 0.0365. The molecule has 3 rings (SSSR count). The second-order valence-electron chi connectivity index (χ2n) is 9.60. The van der Waals surface area contributed by atoms with Crippen molar-refractivity contribution in [3.8, 4) is 0 Å². The normalized spacial score (nSPS) is 17.6. The van der Waals surface area contributed by atoms with Crippen LogP contribution >= 0.6 is 0 Å². The van der Waals surface area contributed by atoms with Crippen LogP contribution in [0.3, 0.4) is 0 Å². The minimum Gasteiger partial charge on any atom is -0.444 e. The number of para-hydroxylation sites is 1. The number of rotatable bonds is 5. The lowest BCUT2D eigenvalue weighted by Gasteiger charge is -2.24. The van der Waals surface area contributed by atoms with Gasteiger partial charge in [0, 0.05) is 29.7 Å². The Morgan fingerprint density at radius 1 is 1.24 bits per heavy atom. The lowest BCUT2D eigenvalue weighted by Crippen LogP contribution is -2.43. The molecule has 0 radical (unpaired) electrons. The molecule has 0 bridgehead atoms. The first kappa shape index (κ1) is 25.5. The van der Waals surface area contributed by atoms with Crippen LogP contribution in [-0.4, -0.2) is 41.3 Å². The molecule has 184 valence electrons. The number of hydrogen-bond acceptors (Lipinski definition) is 4. The number of ether oxygens (including phenoxy) is 1. The zero-order valence-corrected chi connectivity index (χ0v) is 19.8. The standard InChI is InChI=1S/C25H30F3N3O3/c1-15(31-23(33)34-24(2,3)4)13-30-22(32)18-12-17-6-5-7-20(21(17)29-14-18)16-8-10-19(11-9-16)25(26,27)28/h5-8,12,14-15,19H,9-11,13H2,1-4H3,(H,30,32)(H,31,33)/t15-,19?/m1/s1. The maximum absolute atomic E-state index is 13.0. The van der Waals surface area contributed by atoms with Crippen molar-refractivity contribution in [3.05, 3.63) is 47.7 Å². The number of amides is 2. The molecule has 1 aliphatic rings. The van der Waals surface area contributed by atoms with Crippen LogP contribution in [0, 0.1) is 5.92 Å². The van der Waals surface area contributed by atoms with Gasteiger partial charge in [-0.1, -0.05) is 24.3 Å². The molecule has 0 saturated heterocycles. The number of allylic oxidation sites excluding steroid dienone is 2. The lowest BCUT2D eigenvalue weighted by molar-refractivity contribution is -0.175. The highest BCUT2D eigenvalue weighted by atomic mass is 19.4. The second kappa shape index (κ2) is 10.0. The van der Waals surface area contributed by atoms with E-state index in [2.05, 4.69) is 15.6 Å². The average molecular weight is 478 g/mol. The Morgan fingerprint density at radius 3 is 2.59 bits per heavy atom. The molecule has 2 N–H and O–H groups in total. The summed E-state index contributed by atoms with van der Waals surface area (Å²) in [5.41, 5.74) is 2.02. The van der Waals surface area contributed by atoms with Crippen molar-refractivity contribution >= 4 is 28.5 Å². The number of benzene rings is 1. The van der Waals surface area contributed by atoms with Crippen LogP contribution in [0.25, 0.3) is 16.5 Å². The van der Waals surface area contributed by atoms with Gasteiger partial charge >= 0.3 is 12.3 Å². The molecule has 0 saturated carbocycles. The first-order valence-corrected chi connectivity index (χ1v) is 11.3. The van der Waals surface area contributed by atoms with Gasteiger partial charge in [-0.3, -0.25) is 9.78 Å². The zero-order valence-electron chi connectivity index (χ0n) is 19.8. The van der Waals surface area contributed by atoms with E-state index in [0.717, 1.165) is 16.5 Å². The monoisotopic (exact) mass is 477 g/mol. The number of nitrogens with one attached hydrogen (secondary N) is 2. The van der Waals surface area contributed by atoms with Crippen LogP contribution in [-0.2, 0) is 4.74 Å². The summed E-state index contributed by atoms with van der Waals surface area (Å²) in [7, 11) is 0. The van der Waals surface area contributed by atoms with Crippen molar-refractivity contribution in [1.29, 1.82) is 0 Å². The van der Waals surface area contributed by atoms with E-state index in [9.17, 15) is 22.8 Å². The van der Waals surface area contributed by atoms with Crippen LogP contribution < -0.4 is 10.6 Å². The number of carbonyl (C=O) groups is 2. The van der Waals surface area contributed by atoms with Gasteiger partial charge < -0.3 is 15.4 Å². The Hall–Kier alpha value is -3.10. The van der Waals surface area contributed by atoms with Crippen molar-refractivity contribution in [1.82, 2.24) is 15.6 Å². The highest BCUT2D eigenvalue weighted by Gasteiger charge is 2.39. The Bertz CT molecular complexity index is 1090. The third kappa shape index (κ3) is 6.71. The molecule has 2 atom stereocenters. The fourth-order valence-electron chi connectivity index (χ4n) is 3.83. The van der Waals surface area contributed by atoms with Crippen LogP contribution in [0.5, 0.6) is 0 Å². The number of pyridine rings is 1. The molecule has 2 amide bonds. The molecular formula is C25H30F3N3O3. The summed E-state index contributed by atoms with van der Waals surface area (Å²) < 4.78 is 44.1. The summed E-state index contributed by atoms with van der Waals surface area (Å²) in [5.74, 6) is -1.65. The molecule has 9 heteroatoms. The van der Waals surface area contributed by atoms with Gasteiger partial charge in [-0.15, -0.1) is 0 Å². The Kier molecular flexibility index (Phi) is 7.53. The molecule has 0 fully saturated rings. The first-order chi connectivity index (χ1) is 15.8. The summed E-state index contributed by atoms with van der Waals surface area (Å²) in [6, 6.07) is 6.83. The predicted molar refractivity (Wildman–Crippen MR) is 124 cm³/mol. The third-order valence-corrected chi connectivity index (χ3v) is 5.52. The minimum atomic E-state index is -4.18. The number of aromatic nitrogens is 1.